The second-order valence-corrected chi connectivity index (χ2v) is 12.7. The van der Waals surface area contributed by atoms with Crippen molar-refractivity contribution in [3.05, 3.63) is 63.6 Å². The number of benzene rings is 2. The van der Waals surface area contributed by atoms with Gasteiger partial charge in [0.25, 0.3) is 0 Å². The zero-order valence-corrected chi connectivity index (χ0v) is 24.6. The fourth-order valence-corrected chi connectivity index (χ4v) is 6.24. The minimum Gasteiger partial charge on any atom is -0.352 e. The summed E-state index contributed by atoms with van der Waals surface area (Å²) in [5.74, 6) is -0.340. The molecule has 2 aromatic rings. The molecule has 0 radical (unpaired) electrons. The molecule has 2 aromatic carbocycles. The molecule has 1 saturated carbocycles. The molecule has 0 heterocycles. The van der Waals surface area contributed by atoms with E-state index in [2.05, 4.69) is 5.32 Å². The first-order valence-corrected chi connectivity index (χ1v) is 15.7. The van der Waals surface area contributed by atoms with E-state index in [1.807, 2.05) is 38.1 Å². The summed E-state index contributed by atoms with van der Waals surface area (Å²) in [4.78, 5) is 28.5. The number of halogens is 2. The number of hydrogen-bond acceptors (Lipinski definition) is 4. The van der Waals surface area contributed by atoms with Crippen LogP contribution in [0.3, 0.4) is 0 Å². The summed E-state index contributed by atoms with van der Waals surface area (Å²) in [6, 6.07) is 12.1. The number of carbonyl (C=O) groups excluding carboxylic acids is 2. The van der Waals surface area contributed by atoms with Gasteiger partial charge in [0.15, 0.2) is 0 Å². The minimum atomic E-state index is -3.67. The molecule has 0 spiro atoms. The molecule has 0 bridgehead atoms. The highest BCUT2D eigenvalue weighted by atomic mass is 35.5. The van der Waals surface area contributed by atoms with Crippen LogP contribution >= 0.6 is 23.2 Å². The topological polar surface area (TPSA) is 86.8 Å². The van der Waals surface area contributed by atoms with Gasteiger partial charge in [0.05, 0.1) is 17.0 Å². The standard InChI is InChI=1S/C28H37Cl2N3O4S/c1-4-25(28(35)31-23-8-5-6-9-23)32(19-21-13-11-20(2)12-14-21)27(34)10-7-17-33(38(3,36)37)26-18-22(29)15-16-24(26)30/h11-16,18,23,25H,4-10,17,19H2,1-3H3,(H,31,35). The van der Waals surface area contributed by atoms with E-state index in [1.54, 1.807) is 17.0 Å². The Morgan fingerprint density at radius 1 is 1.08 bits per heavy atom. The Labute approximate surface area is 236 Å². The molecule has 7 nitrogen and oxygen atoms in total. The van der Waals surface area contributed by atoms with Gasteiger partial charge in [-0.25, -0.2) is 8.42 Å². The highest BCUT2D eigenvalue weighted by molar-refractivity contribution is 7.92. The fraction of sp³-hybridized carbons (Fsp3) is 0.500. The van der Waals surface area contributed by atoms with Crippen LogP contribution in [0.4, 0.5) is 5.69 Å². The zero-order chi connectivity index (χ0) is 27.9. The van der Waals surface area contributed by atoms with Crippen molar-refractivity contribution < 1.29 is 18.0 Å². The predicted molar refractivity (Wildman–Crippen MR) is 154 cm³/mol. The van der Waals surface area contributed by atoms with Crippen LogP contribution in [0.1, 0.15) is 63.0 Å². The normalized spacial score (nSPS) is 14.8. The van der Waals surface area contributed by atoms with Crippen molar-refractivity contribution in [1.82, 2.24) is 10.2 Å². The van der Waals surface area contributed by atoms with Crippen molar-refractivity contribution in [3.8, 4) is 0 Å². The molecule has 1 N–H and O–H groups in total. The van der Waals surface area contributed by atoms with Gasteiger partial charge in [-0.15, -0.1) is 0 Å². The molecule has 1 fully saturated rings. The molecule has 0 aromatic heterocycles. The summed E-state index contributed by atoms with van der Waals surface area (Å²) in [6.07, 6.45) is 6.01. The lowest BCUT2D eigenvalue weighted by atomic mass is 10.1. The molecule has 10 heteroatoms. The first-order valence-electron chi connectivity index (χ1n) is 13.1. The number of rotatable bonds is 12. The van der Waals surface area contributed by atoms with Crippen LogP contribution in [0.5, 0.6) is 0 Å². The van der Waals surface area contributed by atoms with E-state index in [0.717, 1.165) is 43.1 Å². The van der Waals surface area contributed by atoms with E-state index in [1.165, 1.54) is 10.4 Å². The number of anilines is 1. The first kappa shape index (κ1) is 30.3. The number of nitrogens with zero attached hydrogens (tertiary/aromatic N) is 2. The minimum absolute atomic E-state index is 0.0497. The molecule has 1 aliphatic rings. The fourth-order valence-electron chi connectivity index (χ4n) is 4.84. The van der Waals surface area contributed by atoms with Crippen molar-refractivity contribution in [2.45, 2.75) is 77.4 Å². The average Bonchev–Trinajstić information content (AvgIpc) is 3.36. The summed E-state index contributed by atoms with van der Waals surface area (Å²) in [5, 5.41) is 3.75. The van der Waals surface area contributed by atoms with Gasteiger partial charge in [-0.05, 0) is 56.4 Å². The van der Waals surface area contributed by atoms with Gasteiger partial charge in [-0.3, -0.25) is 13.9 Å². The van der Waals surface area contributed by atoms with Gasteiger partial charge in [0.1, 0.15) is 6.04 Å². The van der Waals surface area contributed by atoms with Crippen molar-refractivity contribution in [2.24, 2.45) is 0 Å². The van der Waals surface area contributed by atoms with Gasteiger partial charge in [-0.1, -0.05) is 72.8 Å². The van der Waals surface area contributed by atoms with Crippen LogP contribution in [-0.4, -0.2) is 50.0 Å². The van der Waals surface area contributed by atoms with Crippen molar-refractivity contribution in [2.75, 3.05) is 17.1 Å². The number of sulfonamides is 1. The van der Waals surface area contributed by atoms with Gasteiger partial charge in [0, 0.05) is 30.6 Å². The van der Waals surface area contributed by atoms with Crippen LogP contribution in [-0.2, 0) is 26.2 Å². The lowest BCUT2D eigenvalue weighted by Crippen LogP contribution is -2.51. The second kappa shape index (κ2) is 13.7. The summed E-state index contributed by atoms with van der Waals surface area (Å²) in [5.41, 5.74) is 2.31. The van der Waals surface area contributed by atoms with Crippen LogP contribution in [0.2, 0.25) is 10.0 Å². The number of carbonyl (C=O) groups is 2. The maximum atomic E-state index is 13.6. The first-order chi connectivity index (χ1) is 18.0. The van der Waals surface area contributed by atoms with Gasteiger partial charge < -0.3 is 10.2 Å². The quantitative estimate of drug-likeness (QED) is 0.347. The maximum absolute atomic E-state index is 13.6. The zero-order valence-electron chi connectivity index (χ0n) is 22.3. The molecule has 2 amide bonds. The van der Waals surface area contributed by atoms with Gasteiger partial charge in [-0.2, -0.15) is 0 Å². The largest absolute Gasteiger partial charge is 0.352 e. The van der Waals surface area contributed by atoms with Gasteiger partial charge in [0.2, 0.25) is 21.8 Å². The number of amides is 2. The lowest BCUT2D eigenvalue weighted by Gasteiger charge is -2.32. The highest BCUT2D eigenvalue weighted by Crippen LogP contribution is 2.31. The molecule has 1 atom stereocenters. The summed E-state index contributed by atoms with van der Waals surface area (Å²) in [6.45, 7) is 4.25. The molecule has 1 unspecified atom stereocenters. The third-order valence-corrected chi connectivity index (χ3v) is 8.62. The van der Waals surface area contributed by atoms with E-state index in [9.17, 15) is 18.0 Å². The third-order valence-electron chi connectivity index (χ3n) is 6.89. The highest BCUT2D eigenvalue weighted by Gasteiger charge is 2.31. The Balaban J connectivity index is 1.77. The Hall–Kier alpha value is -2.29. The molecule has 3 rings (SSSR count). The average molecular weight is 583 g/mol. The van der Waals surface area contributed by atoms with Crippen LogP contribution < -0.4 is 9.62 Å². The maximum Gasteiger partial charge on any atom is 0.243 e. The Morgan fingerprint density at radius 2 is 1.74 bits per heavy atom. The smallest absolute Gasteiger partial charge is 0.243 e. The molecule has 208 valence electrons. The molecular formula is C28H37Cl2N3O4S. The Bertz CT molecular complexity index is 1220. The van der Waals surface area contributed by atoms with E-state index >= 15 is 0 Å². The van der Waals surface area contributed by atoms with Crippen molar-refractivity contribution in [3.63, 3.8) is 0 Å². The van der Waals surface area contributed by atoms with E-state index in [-0.39, 0.29) is 48.0 Å². The summed E-state index contributed by atoms with van der Waals surface area (Å²) >= 11 is 12.4. The van der Waals surface area contributed by atoms with Gasteiger partial charge >= 0.3 is 0 Å². The third kappa shape index (κ3) is 8.35. The SMILES string of the molecule is CCC(C(=O)NC1CCCC1)N(Cc1ccc(C)cc1)C(=O)CCCN(c1cc(Cl)ccc1Cl)S(C)(=O)=O. The van der Waals surface area contributed by atoms with Crippen LogP contribution in [0.15, 0.2) is 42.5 Å². The molecule has 0 saturated heterocycles. The number of nitrogens with one attached hydrogen (secondary N) is 1. The number of aryl methyl sites for hydroxylation is 1. The Morgan fingerprint density at radius 3 is 2.34 bits per heavy atom. The molecule has 0 aliphatic heterocycles. The molecule has 1 aliphatic carbocycles. The van der Waals surface area contributed by atoms with Crippen molar-refractivity contribution in [1.29, 1.82) is 0 Å². The Kier molecular flexibility index (Phi) is 10.9. The monoisotopic (exact) mass is 581 g/mol. The number of hydrogen-bond donors (Lipinski definition) is 1. The predicted octanol–water partition coefficient (Wildman–Crippen LogP) is 5.71. The summed E-state index contributed by atoms with van der Waals surface area (Å²) < 4.78 is 26.3. The lowest BCUT2D eigenvalue weighted by molar-refractivity contribution is -0.141. The second-order valence-electron chi connectivity index (χ2n) is 9.96. The van der Waals surface area contributed by atoms with E-state index in [4.69, 9.17) is 23.2 Å². The van der Waals surface area contributed by atoms with E-state index < -0.39 is 16.1 Å². The van der Waals surface area contributed by atoms with E-state index in [0.29, 0.717) is 18.0 Å². The van der Waals surface area contributed by atoms with Crippen molar-refractivity contribution >= 4 is 50.7 Å². The van der Waals surface area contributed by atoms with Crippen LogP contribution in [0, 0.1) is 6.92 Å². The molecular weight excluding hydrogens is 545 g/mol. The molecule has 38 heavy (non-hydrogen) atoms. The summed E-state index contributed by atoms with van der Waals surface area (Å²) in [7, 11) is -3.67. The van der Waals surface area contributed by atoms with Crippen LogP contribution in [0.25, 0.3) is 0 Å².